The molecule has 0 unspecified atom stereocenters. The zero-order chi connectivity index (χ0) is 23.6. The maximum atomic E-state index is 10.5. The van der Waals surface area contributed by atoms with E-state index >= 15 is 0 Å². The van der Waals surface area contributed by atoms with E-state index in [2.05, 4.69) is 13.8 Å². The monoisotopic (exact) mass is 464 g/mol. The number of fused-ring (bicyclic) bond motifs is 2. The maximum Gasteiger partial charge on any atom is 0.186 e. The van der Waals surface area contributed by atoms with E-state index in [1.165, 1.54) is 0 Å². The minimum atomic E-state index is -1.85. The van der Waals surface area contributed by atoms with Crippen LogP contribution >= 0.6 is 0 Å². The SMILES string of the molecule is CC1(C)[C@@H]2C[C@@H](O[C@H]3O[C@@H](CO[C@@H]4OC[C@](O)(CO)[C@H]4O)[C@H](O)[C@@H](O)[C@@H]3O)[C@@]1(C)C[C@@H]2O. The Hall–Kier alpha value is -0.440. The lowest BCUT2D eigenvalue weighted by Gasteiger charge is -2.45. The van der Waals surface area contributed by atoms with Crippen molar-refractivity contribution in [1.82, 2.24) is 0 Å². The summed E-state index contributed by atoms with van der Waals surface area (Å²) in [5.41, 5.74) is -2.40. The van der Waals surface area contributed by atoms with Crippen LogP contribution in [-0.4, -0.2) is 116 Å². The predicted octanol–water partition coefficient (Wildman–Crippen LogP) is -2.55. The molecule has 11 nitrogen and oxygen atoms in total. The highest BCUT2D eigenvalue weighted by molar-refractivity contribution is 5.14. The number of rotatable bonds is 6. The summed E-state index contributed by atoms with van der Waals surface area (Å²) < 4.78 is 22.5. The van der Waals surface area contributed by atoms with Crippen molar-refractivity contribution in [3.8, 4) is 0 Å². The van der Waals surface area contributed by atoms with Crippen LogP contribution in [0.3, 0.4) is 0 Å². The number of aliphatic hydroxyl groups excluding tert-OH is 6. The lowest BCUT2D eigenvalue weighted by molar-refractivity contribution is -0.326. The molecule has 2 saturated carbocycles. The van der Waals surface area contributed by atoms with Crippen LogP contribution in [0.2, 0.25) is 0 Å². The van der Waals surface area contributed by atoms with E-state index < -0.39 is 61.4 Å². The quantitative estimate of drug-likeness (QED) is 0.220. The van der Waals surface area contributed by atoms with E-state index in [0.29, 0.717) is 12.8 Å². The Morgan fingerprint density at radius 2 is 1.66 bits per heavy atom. The summed E-state index contributed by atoms with van der Waals surface area (Å²) in [4.78, 5) is 0. The Kier molecular flexibility index (Phi) is 6.44. The molecule has 4 fully saturated rings. The third kappa shape index (κ3) is 3.62. The molecule has 186 valence electrons. The van der Waals surface area contributed by atoms with Gasteiger partial charge in [-0.1, -0.05) is 20.8 Å². The van der Waals surface area contributed by atoms with Gasteiger partial charge in [-0.3, -0.25) is 0 Å². The van der Waals surface area contributed by atoms with E-state index in [4.69, 9.17) is 18.9 Å². The molecule has 0 spiro atoms. The Bertz CT molecular complexity index is 691. The van der Waals surface area contributed by atoms with Crippen LogP contribution < -0.4 is 0 Å². The highest BCUT2D eigenvalue weighted by atomic mass is 16.7. The summed E-state index contributed by atoms with van der Waals surface area (Å²) in [6.45, 7) is 4.83. The van der Waals surface area contributed by atoms with Crippen molar-refractivity contribution in [2.75, 3.05) is 19.8 Å². The van der Waals surface area contributed by atoms with Gasteiger partial charge in [0, 0.05) is 5.41 Å². The van der Waals surface area contributed by atoms with Crippen LogP contribution in [0.5, 0.6) is 0 Å². The molecule has 11 heteroatoms. The van der Waals surface area contributed by atoms with Crippen LogP contribution in [-0.2, 0) is 18.9 Å². The topological polar surface area (TPSA) is 179 Å². The molecule has 7 N–H and O–H groups in total. The van der Waals surface area contributed by atoms with E-state index in [1.54, 1.807) is 0 Å². The van der Waals surface area contributed by atoms with Gasteiger partial charge in [-0.2, -0.15) is 0 Å². The Morgan fingerprint density at radius 1 is 0.969 bits per heavy atom. The molecule has 0 aromatic rings. The van der Waals surface area contributed by atoms with Gasteiger partial charge in [0.05, 0.1) is 32.0 Å². The molecular formula is C21H36O11. The zero-order valence-corrected chi connectivity index (χ0v) is 18.6. The van der Waals surface area contributed by atoms with Crippen LogP contribution in [0.1, 0.15) is 33.6 Å². The minimum Gasteiger partial charge on any atom is -0.393 e. The second-order valence-corrected chi connectivity index (χ2v) is 10.6. The van der Waals surface area contributed by atoms with Crippen molar-refractivity contribution in [3.63, 3.8) is 0 Å². The molecule has 2 aliphatic carbocycles. The Labute approximate surface area is 186 Å². The van der Waals surface area contributed by atoms with Gasteiger partial charge in [-0.25, -0.2) is 0 Å². The average Bonchev–Trinajstić information content (AvgIpc) is 3.20. The second kappa shape index (κ2) is 8.35. The highest BCUT2D eigenvalue weighted by Gasteiger charge is 2.66. The van der Waals surface area contributed by atoms with Crippen LogP contribution in [0.25, 0.3) is 0 Å². The van der Waals surface area contributed by atoms with E-state index in [0.717, 1.165) is 0 Å². The predicted molar refractivity (Wildman–Crippen MR) is 106 cm³/mol. The largest absolute Gasteiger partial charge is 0.393 e. The first-order valence-corrected chi connectivity index (χ1v) is 11.1. The summed E-state index contributed by atoms with van der Waals surface area (Å²) >= 11 is 0. The fraction of sp³-hybridized carbons (Fsp3) is 1.00. The van der Waals surface area contributed by atoms with Gasteiger partial charge >= 0.3 is 0 Å². The Balaban J connectivity index is 1.40. The molecule has 0 aromatic carbocycles. The summed E-state index contributed by atoms with van der Waals surface area (Å²) in [5.74, 6) is 0.0409. The molecule has 2 heterocycles. The van der Waals surface area contributed by atoms with Gasteiger partial charge in [-0.15, -0.1) is 0 Å². The van der Waals surface area contributed by atoms with Crippen LogP contribution in [0.15, 0.2) is 0 Å². The molecular weight excluding hydrogens is 428 g/mol. The molecule has 2 bridgehead atoms. The van der Waals surface area contributed by atoms with Gasteiger partial charge in [-0.05, 0) is 24.2 Å². The summed E-state index contributed by atoms with van der Waals surface area (Å²) in [6, 6.07) is 0. The van der Waals surface area contributed by atoms with Crippen molar-refractivity contribution >= 4 is 0 Å². The van der Waals surface area contributed by atoms with Crippen LogP contribution in [0.4, 0.5) is 0 Å². The fourth-order valence-electron chi connectivity index (χ4n) is 5.89. The highest BCUT2D eigenvalue weighted by Crippen LogP contribution is 2.66. The van der Waals surface area contributed by atoms with Crippen LogP contribution in [0, 0.1) is 16.7 Å². The minimum absolute atomic E-state index is 0.0409. The second-order valence-electron chi connectivity index (χ2n) is 10.6. The van der Waals surface area contributed by atoms with Crippen molar-refractivity contribution in [2.24, 2.45) is 16.7 Å². The number of hydrogen-bond acceptors (Lipinski definition) is 11. The lowest BCUT2D eigenvalue weighted by Crippen LogP contribution is -2.60. The first kappa shape index (κ1) is 24.7. The fourth-order valence-corrected chi connectivity index (χ4v) is 5.89. The standard InChI is InChI=1S/C21H36O11/c1-19(2)9-4-12(20(19,3)5-10(9)23)32-17-15(26)14(25)13(24)11(31-17)6-29-18-16(27)21(28,7-22)8-30-18/h9-18,22-28H,4-8H2,1-3H3/t9-,10+,11+,12-,13+,14-,15+,16+,17-,18-,20-,21-/m1/s1. The first-order chi connectivity index (χ1) is 14.9. The smallest absolute Gasteiger partial charge is 0.186 e. The normalized spacial score (nSPS) is 54.9. The average molecular weight is 465 g/mol. The molecule has 4 aliphatic rings. The van der Waals surface area contributed by atoms with E-state index in [-0.39, 0.29) is 36.1 Å². The van der Waals surface area contributed by atoms with Gasteiger partial charge in [0.2, 0.25) is 0 Å². The maximum absolute atomic E-state index is 10.5. The van der Waals surface area contributed by atoms with E-state index in [9.17, 15) is 35.7 Å². The third-order valence-corrected chi connectivity index (χ3v) is 8.65. The molecule has 0 amide bonds. The molecule has 4 rings (SSSR count). The number of hydrogen-bond donors (Lipinski definition) is 7. The zero-order valence-electron chi connectivity index (χ0n) is 18.6. The van der Waals surface area contributed by atoms with Crippen molar-refractivity contribution < 1.29 is 54.7 Å². The van der Waals surface area contributed by atoms with Gasteiger partial charge in [0.15, 0.2) is 12.6 Å². The summed E-state index contributed by atoms with van der Waals surface area (Å²) in [7, 11) is 0. The molecule has 32 heavy (non-hydrogen) atoms. The third-order valence-electron chi connectivity index (χ3n) is 8.65. The first-order valence-electron chi connectivity index (χ1n) is 11.1. The molecule has 2 aliphatic heterocycles. The van der Waals surface area contributed by atoms with Gasteiger partial charge < -0.3 is 54.7 Å². The molecule has 0 aromatic heterocycles. The lowest BCUT2D eigenvalue weighted by atomic mass is 9.70. The van der Waals surface area contributed by atoms with E-state index in [1.807, 2.05) is 6.92 Å². The molecule has 2 saturated heterocycles. The van der Waals surface area contributed by atoms with Crippen molar-refractivity contribution in [2.45, 2.75) is 94.5 Å². The van der Waals surface area contributed by atoms with Gasteiger partial charge in [0.25, 0.3) is 0 Å². The summed E-state index contributed by atoms with van der Waals surface area (Å²) in [5, 5.41) is 70.9. The van der Waals surface area contributed by atoms with Crippen molar-refractivity contribution in [3.05, 3.63) is 0 Å². The Morgan fingerprint density at radius 3 is 2.19 bits per heavy atom. The van der Waals surface area contributed by atoms with Gasteiger partial charge in [0.1, 0.15) is 36.1 Å². The summed E-state index contributed by atoms with van der Waals surface area (Å²) in [6.07, 6.45) is -9.28. The number of ether oxygens (including phenoxy) is 4. The van der Waals surface area contributed by atoms with Crippen molar-refractivity contribution in [1.29, 1.82) is 0 Å². The molecule has 0 radical (unpaired) electrons. The molecule has 12 atom stereocenters. The number of aliphatic hydroxyl groups is 7.